The molecule has 0 N–H and O–H groups in total. The summed E-state index contributed by atoms with van der Waals surface area (Å²) in [6.45, 7) is 27.7. The lowest BCUT2D eigenvalue weighted by Crippen LogP contribution is -1.87. The lowest BCUT2D eigenvalue weighted by molar-refractivity contribution is 0.554. The van der Waals surface area contributed by atoms with Gasteiger partial charge < -0.3 is 0 Å². The van der Waals surface area contributed by atoms with Crippen LogP contribution in [0.3, 0.4) is 0 Å². The first kappa shape index (κ1) is 34.7. The van der Waals surface area contributed by atoms with E-state index in [-0.39, 0.29) is 0 Å². The third-order valence-corrected chi connectivity index (χ3v) is 3.13. The molecular formula is C24H54. The normalized spacial score (nSPS) is 9.88. The third-order valence-electron chi connectivity index (χ3n) is 3.13. The van der Waals surface area contributed by atoms with E-state index in [1.54, 1.807) is 0 Å². The van der Waals surface area contributed by atoms with E-state index < -0.39 is 0 Å². The third kappa shape index (κ3) is 68.4. The maximum absolute atomic E-state index is 2.28. The lowest BCUT2D eigenvalue weighted by Gasteiger charge is -2.03. The number of hydrogen-bond acceptors (Lipinski definition) is 0. The zero-order chi connectivity index (χ0) is 20.4. The van der Waals surface area contributed by atoms with Crippen molar-refractivity contribution in [1.29, 1.82) is 0 Å². The molecule has 0 aromatic heterocycles. The fourth-order valence-electron chi connectivity index (χ4n) is 1.17. The number of hydrogen-bond donors (Lipinski definition) is 0. The molecular weight excluding hydrogens is 288 g/mol. The van der Waals surface area contributed by atoms with E-state index in [0.717, 1.165) is 18.3 Å². The SMILES string of the molecule is C/C=C(\C)CCCC(C)C.C/C=C\CC.CC.CC.CCC(C)C. The zero-order valence-electron chi connectivity index (χ0n) is 19.9. The van der Waals surface area contributed by atoms with Crippen molar-refractivity contribution in [3.63, 3.8) is 0 Å². The molecule has 0 aliphatic heterocycles. The highest BCUT2D eigenvalue weighted by Gasteiger charge is 1.93. The average Bonchev–Trinajstić information content (AvgIpc) is 2.59. The zero-order valence-corrected chi connectivity index (χ0v) is 19.9. The Morgan fingerprint density at radius 1 is 0.833 bits per heavy atom. The first-order valence-electron chi connectivity index (χ1n) is 10.6. The highest BCUT2D eigenvalue weighted by molar-refractivity contribution is 4.94. The van der Waals surface area contributed by atoms with Crippen LogP contribution < -0.4 is 0 Å². The van der Waals surface area contributed by atoms with Crippen LogP contribution >= 0.6 is 0 Å². The van der Waals surface area contributed by atoms with Gasteiger partial charge in [0, 0.05) is 0 Å². The van der Waals surface area contributed by atoms with Crippen molar-refractivity contribution in [2.45, 2.75) is 122 Å². The fourth-order valence-corrected chi connectivity index (χ4v) is 1.17. The molecule has 0 bridgehead atoms. The van der Waals surface area contributed by atoms with Crippen molar-refractivity contribution < 1.29 is 0 Å². The first-order chi connectivity index (χ1) is 11.3. The molecule has 0 aromatic rings. The quantitative estimate of drug-likeness (QED) is 0.421. The van der Waals surface area contributed by atoms with E-state index in [1.165, 1.54) is 31.3 Å². The minimum atomic E-state index is 0.865. The van der Waals surface area contributed by atoms with E-state index in [9.17, 15) is 0 Å². The van der Waals surface area contributed by atoms with Crippen LogP contribution in [0.15, 0.2) is 23.8 Å². The van der Waals surface area contributed by atoms with Crippen molar-refractivity contribution in [3.05, 3.63) is 23.8 Å². The fraction of sp³-hybridized carbons (Fsp3) is 0.833. The predicted molar refractivity (Wildman–Crippen MR) is 121 cm³/mol. The smallest absolute Gasteiger partial charge is 0.0323 e. The van der Waals surface area contributed by atoms with Crippen molar-refractivity contribution in [1.82, 2.24) is 0 Å². The summed E-state index contributed by atoms with van der Waals surface area (Å²) in [4.78, 5) is 0. The Labute approximate surface area is 158 Å². The second-order valence-electron chi connectivity index (χ2n) is 6.20. The van der Waals surface area contributed by atoms with Gasteiger partial charge in [0.15, 0.2) is 0 Å². The first-order valence-corrected chi connectivity index (χ1v) is 10.6. The minimum absolute atomic E-state index is 0.865. The van der Waals surface area contributed by atoms with Crippen molar-refractivity contribution in [2.24, 2.45) is 11.8 Å². The summed E-state index contributed by atoms with van der Waals surface area (Å²) in [6, 6.07) is 0. The summed E-state index contributed by atoms with van der Waals surface area (Å²) in [5, 5.41) is 0. The molecule has 0 fully saturated rings. The Kier molecular flexibility index (Phi) is 55.3. The number of allylic oxidation sites excluding steroid dienone is 4. The molecule has 0 saturated carbocycles. The van der Waals surface area contributed by atoms with Gasteiger partial charge >= 0.3 is 0 Å². The molecule has 0 heteroatoms. The topological polar surface area (TPSA) is 0 Å². The standard InChI is InChI=1S/C10H20.C5H12.C5H10.2C2H6/c1-5-10(4)8-6-7-9(2)3;1-4-5(2)3;1-3-5-4-2;2*1-2/h5,9H,6-8H2,1-4H3;5H,4H2,1-3H3;3,5H,4H2,1-2H3;2*1-2H3/b10-5+;;5-3-;;. The van der Waals surface area contributed by atoms with Crippen LogP contribution in [0.2, 0.25) is 0 Å². The molecule has 0 amide bonds. The highest BCUT2D eigenvalue weighted by atomic mass is 14.0. The van der Waals surface area contributed by atoms with Gasteiger partial charge in [-0.25, -0.2) is 0 Å². The molecule has 0 atom stereocenters. The molecule has 0 rings (SSSR count). The molecule has 0 aliphatic carbocycles. The van der Waals surface area contributed by atoms with E-state index in [2.05, 4.69) is 73.6 Å². The van der Waals surface area contributed by atoms with Crippen molar-refractivity contribution >= 4 is 0 Å². The van der Waals surface area contributed by atoms with Gasteiger partial charge in [-0.15, -0.1) is 0 Å². The Balaban J connectivity index is -0.0000000731. The Bertz CT molecular complexity index is 206. The summed E-state index contributed by atoms with van der Waals surface area (Å²) in [6.07, 6.45) is 12.9. The molecule has 0 aliphatic rings. The second-order valence-corrected chi connectivity index (χ2v) is 6.20. The van der Waals surface area contributed by atoms with Crippen LogP contribution in [0.1, 0.15) is 122 Å². The highest BCUT2D eigenvalue weighted by Crippen LogP contribution is 2.10. The Morgan fingerprint density at radius 2 is 1.25 bits per heavy atom. The summed E-state index contributed by atoms with van der Waals surface area (Å²) in [5.41, 5.74) is 1.53. The van der Waals surface area contributed by atoms with E-state index in [0.29, 0.717) is 0 Å². The molecule has 0 spiro atoms. The van der Waals surface area contributed by atoms with Gasteiger partial charge in [-0.05, 0) is 51.9 Å². The second kappa shape index (κ2) is 38.2. The van der Waals surface area contributed by atoms with Gasteiger partial charge in [-0.2, -0.15) is 0 Å². The van der Waals surface area contributed by atoms with Gasteiger partial charge in [0.1, 0.15) is 0 Å². The molecule has 0 nitrogen and oxygen atoms in total. The molecule has 0 heterocycles. The van der Waals surface area contributed by atoms with Crippen LogP contribution in [-0.4, -0.2) is 0 Å². The average molecular weight is 343 g/mol. The van der Waals surface area contributed by atoms with E-state index in [4.69, 9.17) is 0 Å². The Morgan fingerprint density at radius 3 is 1.42 bits per heavy atom. The molecule has 0 aromatic carbocycles. The molecule has 0 saturated heterocycles. The summed E-state index contributed by atoms with van der Waals surface area (Å²) >= 11 is 0. The van der Waals surface area contributed by atoms with Crippen LogP contribution in [0.25, 0.3) is 0 Å². The van der Waals surface area contributed by atoms with Crippen LogP contribution in [-0.2, 0) is 0 Å². The molecule has 0 radical (unpaired) electrons. The van der Waals surface area contributed by atoms with Gasteiger partial charge in [0.25, 0.3) is 0 Å². The monoisotopic (exact) mass is 342 g/mol. The largest absolute Gasteiger partial charge is 0.0917 e. The molecule has 0 unspecified atom stereocenters. The maximum Gasteiger partial charge on any atom is -0.0323 e. The van der Waals surface area contributed by atoms with Gasteiger partial charge in [-0.1, -0.05) is 106 Å². The number of rotatable bonds is 6. The minimum Gasteiger partial charge on any atom is -0.0917 e. The van der Waals surface area contributed by atoms with Gasteiger partial charge in [0.2, 0.25) is 0 Å². The van der Waals surface area contributed by atoms with E-state index >= 15 is 0 Å². The lowest BCUT2D eigenvalue weighted by atomic mass is 10.0. The van der Waals surface area contributed by atoms with Crippen LogP contribution in [0.5, 0.6) is 0 Å². The summed E-state index contributed by atoms with van der Waals surface area (Å²) in [7, 11) is 0. The van der Waals surface area contributed by atoms with Gasteiger partial charge in [0.05, 0.1) is 0 Å². The maximum atomic E-state index is 2.28. The van der Waals surface area contributed by atoms with Crippen molar-refractivity contribution in [3.8, 4) is 0 Å². The van der Waals surface area contributed by atoms with E-state index in [1.807, 2.05) is 34.6 Å². The van der Waals surface area contributed by atoms with Crippen LogP contribution in [0.4, 0.5) is 0 Å². The van der Waals surface area contributed by atoms with Gasteiger partial charge in [-0.3, -0.25) is 0 Å². The molecule has 24 heavy (non-hydrogen) atoms. The Hall–Kier alpha value is -0.520. The summed E-state index contributed by atoms with van der Waals surface area (Å²) < 4.78 is 0. The predicted octanol–water partition coefficient (Wildman–Crippen LogP) is 9.86. The summed E-state index contributed by atoms with van der Waals surface area (Å²) in [5.74, 6) is 1.75. The molecule has 150 valence electrons. The van der Waals surface area contributed by atoms with Crippen LogP contribution in [0, 0.1) is 11.8 Å². The van der Waals surface area contributed by atoms with Crippen molar-refractivity contribution in [2.75, 3.05) is 0 Å².